The number of nitrogens with zero attached hydrogens (tertiary/aromatic N) is 4. The molecule has 4 aliphatic heterocycles. The second kappa shape index (κ2) is 12.2. The van der Waals surface area contributed by atoms with Crippen molar-refractivity contribution in [2.24, 2.45) is 0 Å². The van der Waals surface area contributed by atoms with E-state index in [0.717, 1.165) is 25.2 Å². The third-order valence-corrected chi connectivity index (χ3v) is 7.93. The van der Waals surface area contributed by atoms with E-state index in [-0.39, 0.29) is 24.6 Å². The van der Waals surface area contributed by atoms with E-state index in [1.807, 2.05) is 26.8 Å². The maximum absolute atomic E-state index is 13.4. The van der Waals surface area contributed by atoms with Crippen LogP contribution in [0.25, 0.3) is 0 Å². The molecule has 4 aliphatic rings. The van der Waals surface area contributed by atoms with Crippen LogP contribution in [0.5, 0.6) is 11.5 Å². The molecule has 4 heterocycles. The number of fused-ring (bicyclic) bond motifs is 1. The number of carbonyl (C=O) groups is 3. The first kappa shape index (κ1) is 27.2. The minimum atomic E-state index is -0.311. The lowest BCUT2D eigenvalue weighted by atomic mass is 10.1. The van der Waals surface area contributed by atoms with Crippen molar-refractivity contribution in [1.82, 2.24) is 20.0 Å². The fourth-order valence-corrected chi connectivity index (χ4v) is 5.60. The molecule has 0 aromatic heterocycles. The molecule has 218 valence electrons. The van der Waals surface area contributed by atoms with Crippen LogP contribution in [-0.2, 0) is 4.74 Å². The van der Waals surface area contributed by atoms with Gasteiger partial charge in [-0.05, 0) is 49.4 Å². The molecule has 12 nitrogen and oxygen atoms in total. The molecule has 6 rings (SSSR count). The molecule has 2 N–H and O–H groups in total. The van der Waals surface area contributed by atoms with Gasteiger partial charge in [0.1, 0.15) is 0 Å². The van der Waals surface area contributed by atoms with Gasteiger partial charge in [-0.2, -0.15) is 0 Å². The summed E-state index contributed by atoms with van der Waals surface area (Å²) >= 11 is 0. The first-order valence-electron chi connectivity index (χ1n) is 14.3. The monoisotopic (exact) mass is 564 g/mol. The number of nitrogens with one attached hydrogen (secondary N) is 2. The zero-order valence-electron chi connectivity index (χ0n) is 23.1. The molecular formula is C29H36N6O6. The summed E-state index contributed by atoms with van der Waals surface area (Å²) in [6, 6.07) is 10.6. The van der Waals surface area contributed by atoms with Crippen molar-refractivity contribution in [2.45, 2.75) is 6.42 Å². The molecule has 0 saturated carbocycles. The van der Waals surface area contributed by atoms with E-state index in [9.17, 15) is 14.4 Å². The largest absolute Gasteiger partial charge is 0.454 e. The van der Waals surface area contributed by atoms with Gasteiger partial charge in [0.2, 0.25) is 6.79 Å². The highest BCUT2D eigenvalue weighted by molar-refractivity contribution is 6.07. The van der Waals surface area contributed by atoms with E-state index < -0.39 is 0 Å². The number of piperazine rings is 1. The highest BCUT2D eigenvalue weighted by Gasteiger charge is 2.28. The number of urea groups is 1. The lowest BCUT2D eigenvalue weighted by Gasteiger charge is -2.39. The van der Waals surface area contributed by atoms with Crippen molar-refractivity contribution < 1.29 is 28.6 Å². The fourth-order valence-electron chi connectivity index (χ4n) is 5.60. The summed E-state index contributed by atoms with van der Waals surface area (Å²) in [4.78, 5) is 47.5. The van der Waals surface area contributed by atoms with Gasteiger partial charge >= 0.3 is 6.03 Å². The van der Waals surface area contributed by atoms with Gasteiger partial charge in [0, 0.05) is 70.0 Å². The van der Waals surface area contributed by atoms with E-state index in [1.54, 1.807) is 24.3 Å². The van der Waals surface area contributed by atoms with E-state index in [4.69, 9.17) is 14.2 Å². The predicted octanol–water partition coefficient (Wildman–Crippen LogP) is 1.68. The van der Waals surface area contributed by atoms with Crippen LogP contribution in [0, 0.1) is 0 Å². The summed E-state index contributed by atoms with van der Waals surface area (Å²) in [5, 5.41) is 6.38. The Balaban J connectivity index is 1.22. The molecule has 4 amide bonds. The molecule has 2 aromatic rings. The lowest BCUT2D eigenvalue weighted by molar-refractivity contribution is 0.0428. The highest BCUT2D eigenvalue weighted by atomic mass is 16.7. The van der Waals surface area contributed by atoms with Crippen molar-refractivity contribution in [1.29, 1.82) is 0 Å². The molecule has 41 heavy (non-hydrogen) atoms. The van der Waals surface area contributed by atoms with Gasteiger partial charge in [-0.15, -0.1) is 0 Å². The predicted molar refractivity (Wildman–Crippen MR) is 152 cm³/mol. The third-order valence-electron chi connectivity index (χ3n) is 7.93. The van der Waals surface area contributed by atoms with Crippen molar-refractivity contribution in [3.8, 4) is 11.5 Å². The van der Waals surface area contributed by atoms with Gasteiger partial charge in [0.05, 0.1) is 24.6 Å². The molecule has 3 fully saturated rings. The number of morpholine rings is 1. The quantitative estimate of drug-likeness (QED) is 0.577. The number of benzene rings is 2. The number of carbonyl (C=O) groups excluding carboxylic acids is 3. The van der Waals surface area contributed by atoms with Crippen molar-refractivity contribution in [2.75, 3.05) is 95.7 Å². The Labute approximate surface area is 239 Å². The van der Waals surface area contributed by atoms with Crippen LogP contribution < -0.4 is 25.0 Å². The topological polar surface area (TPSA) is 116 Å². The second-order valence-corrected chi connectivity index (χ2v) is 10.5. The number of amides is 4. The van der Waals surface area contributed by atoms with Gasteiger partial charge in [0.15, 0.2) is 11.5 Å². The number of ether oxygens (including phenoxy) is 3. The van der Waals surface area contributed by atoms with Crippen LogP contribution >= 0.6 is 0 Å². The molecule has 2 aromatic carbocycles. The van der Waals surface area contributed by atoms with Gasteiger partial charge in [0.25, 0.3) is 11.8 Å². The summed E-state index contributed by atoms with van der Waals surface area (Å²) in [5.41, 5.74) is 2.32. The van der Waals surface area contributed by atoms with Crippen LogP contribution in [0.1, 0.15) is 27.1 Å². The normalized spacial score (nSPS) is 19.1. The Hall–Kier alpha value is -4.03. The van der Waals surface area contributed by atoms with Crippen molar-refractivity contribution in [3.63, 3.8) is 0 Å². The average molecular weight is 565 g/mol. The van der Waals surface area contributed by atoms with Crippen molar-refractivity contribution in [3.05, 3.63) is 47.5 Å². The summed E-state index contributed by atoms with van der Waals surface area (Å²) in [6.45, 7) is 7.78. The van der Waals surface area contributed by atoms with Crippen LogP contribution in [0.15, 0.2) is 36.4 Å². The molecule has 0 spiro atoms. The van der Waals surface area contributed by atoms with Gasteiger partial charge in [-0.3, -0.25) is 9.59 Å². The van der Waals surface area contributed by atoms with E-state index in [2.05, 4.69) is 15.5 Å². The molecule has 0 radical (unpaired) electrons. The minimum Gasteiger partial charge on any atom is -0.454 e. The summed E-state index contributed by atoms with van der Waals surface area (Å²) in [7, 11) is 0. The Morgan fingerprint density at radius 1 is 0.732 bits per heavy atom. The third kappa shape index (κ3) is 6.03. The van der Waals surface area contributed by atoms with Crippen LogP contribution in [0.4, 0.5) is 16.2 Å². The molecule has 12 heteroatoms. The van der Waals surface area contributed by atoms with E-state index >= 15 is 0 Å². The SMILES string of the molecule is O=C(Nc1cc(C(=O)N2CCCNCC2)ccc1N1CCN(C(=O)N2CCOCC2)CC1)c1ccc2c(c1)OCO2. The summed E-state index contributed by atoms with van der Waals surface area (Å²) in [6.07, 6.45) is 0.894. The number of hydrogen-bond acceptors (Lipinski definition) is 8. The van der Waals surface area contributed by atoms with Crippen LogP contribution in [0.2, 0.25) is 0 Å². The number of anilines is 2. The van der Waals surface area contributed by atoms with E-state index in [0.29, 0.717) is 93.9 Å². The van der Waals surface area contributed by atoms with Gasteiger partial charge in [-0.1, -0.05) is 0 Å². The van der Waals surface area contributed by atoms with Crippen LogP contribution in [-0.4, -0.2) is 118 Å². The second-order valence-electron chi connectivity index (χ2n) is 10.5. The first-order valence-corrected chi connectivity index (χ1v) is 14.3. The smallest absolute Gasteiger partial charge is 0.320 e. The molecular weight excluding hydrogens is 528 g/mol. The zero-order valence-corrected chi connectivity index (χ0v) is 23.1. The number of hydrogen-bond donors (Lipinski definition) is 2. The Kier molecular flexibility index (Phi) is 8.10. The van der Waals surface area contributed by atoms with Gasteiger partial charge in [-0.25, -0.2) is 4.79 Å². The zero-order chi connectivity index (χ0) is 28.2. The first-order chi connectivity index (χ1) is 20.1. The van der Waals surface area contributed by atoms with Crippen LogP contribution in [0.3, 0.4) is 0 Å². The maximum Gasteiger partial charge on any atom is 0.320 e. The Morgan fingerprint density at radius 2 is 1.49 bits per heavy atom. The molecule has 0 unspecified atom stereocenters. The minimum absolute atomic E-state index is 0.0390. The standard InChI is InChI=1S/C29H36N6O6/c36-27(21-3-5-25-26(19-21)41-20-40-25)31-23-18-22(28(37)33-8-1-6-30-7-9-33)2-4-24(23)32-10-12-34(13-11-32)29(38)35-14-16-39-17-15-35/h2-5,18-19,30H,1,6-17,20H2,(H,31,36). The van der Waals surface area contributed by atoms with E-state index in [1.165, 1.54) is 0 Å². The molecule has 0 bridgehead atoms. The maximum atomic E-state index is 13.4. The fraction of sp³-hybridized carbons (Fsp3) is 0.483. The number of rotatable bonds is 4. The lowest BCUT2D eigenvalue weighted by Crippen LogP contribution is -2.54. The molecule has 0 atom stereocenters. The summed E-state index contributed by atoms with van der Waals surface area (Å²) in [5.74, 6) is 0.762. The molecule has 0 aliphatic carbocycles. The highest BCUT2D eigenvalue weighted by Crippen LogP contribution is 2.34. The Bertz CT molecular complexity index is 1280. The Morgan fingerprint density at radius 3 is 2.32 bits per heavy atom. The summed E-state index contributed by atoms with van der Waals surface area (Å²) < 4.78 is 16.2. The van der Waals surface area contributed by atoms with Gasteiger partial charge < -0.3 is 44.4 Å². The van der Waals surface area contributed by atoms with Crippen molar-refractivity contribution >= 4 is 29.2 Å². The average Bonchev–Trinajstić information content (AvgIpc) is 3.33. The molecule has 3 saturated heterocycles.